The van der Waals surface area contributed by atoms with Gasteiger partial charge in [-0.15, -0.1) is 0 Å². The molecule has 0 atom stereocenters. The number of hydrogen-bond acceptors (Lipinski definition) is 2. The quantitative estimate of drug-likeness (QED) is 0.852. The molecule has 2 aromatic rings. The maximum atomic E-state index is 6.14. The average Bonchev–Trinajstić information content (AvgIpc) is 2.43. The molecule has 2 rings (SSSR count). The molecule has 4 heteroatoms. The zero-order chi connectivity index (χ0) is 14.4. The van der Waals surface area contributed by atoms with E-state index in [-0.39, 0.29) is 0 Å². The number of ether oxygens (including phenoxy) is 1. The lowest BCUT2D eigenvalue weighted by Crippen LogP contribution is -2.13. The summed E-state index contributed by atoms with van der Waals surface area (Å²) in [5, 5.41) is 4.74. The van der Waals surface area contributed by atoms with Crippen LogP contribution in [0.3, 0.4) is 0 Å². The molecule has 0 amide bonds. The van der Waals surface area contributed by atoms with Gasteiger partial charge in [0, 0.05) is 35.8 Å². The van der Waals surface area contributed by atoms with Crippen molar-refractivity contribution in [2.75, 3.05) is 7.11 Å². The number of benzene rings is 2. The Morgan fingerprint density at radius 1 is 0.950 bits per heavy atom. The zero-order valence-corrected chi connectivity index (χ0v) is 12.8. The van der Waals surface area contributed by atoms with Crippen LogP contribution in [0.15, 0.2) is 42.5 Å². The van der Waals surface area contributed by atoms with Crippen molar-refractivity contribution in [3.8, 4) is 0 Å². The van der Waals surface area contributed by atoms with E-state index >= 15 is 0 Å². The van der Waals surface area contributed by atoms with E-state index in [9.17, 15) is 0 Å². The highest BCUT2D eigenvalue weighted by molar-refractivity contribution is 6.35. The van der Waals surface area contributed by atoms with E-state index in [1.807, 2.05) is 24.3 Å². The van der Waals surface area contributed by atoms with E-state index in [2.05, 4.69) is 23.5 Å². The summed E-state index contributed by atoms with van der Waals surface area (Å²) < 4.78 is 5.13. The highest BCUT2D eigenvalue weighted by Gasteiger charge is 2.04. The monoisotopic (exact) mass is 309 g/mol. The number of halogens is 2. The van der Waals surface area contributed by atoms with Crippen molar-refractivity contribution < 1.29 is 4.74 Å². The van der Waals surface area contributed by atoms with Crippen molar-refractivity contribution in [3.05, 3.63) is 69.2 Å². The highest BCUT2D eigenvalue weighted by Crippen LogP contribution is 2.23. The van der Waals surface area contributed by atoms with Crippen molar-refractivity contribution in [1.82, 2.24) is 5.32 Å². The SMILES string of the molecule is COCc1cccc(CNCc2c(Cl)cccc2Cl)c1. The van der Waals surface area contributed by atoms with Crippen LogP contribution in [0.4, 0.5) is 0 Å². The largest absolute Gasteiger partial charge is 0.380 e. The molecule has 106 valence electrons. The molecule has 0 unspecified atom stereocenters. The molecule has 0 heterocycles. The minimum absolute atomic E-state index is 0.629. The first-order valence-electron chi connectivity index (χ1n) is 6.41. The van der Waals surface area contributed by atoms with Gasteiger partial charge in [0.15, 0.2) is 0 Å². The van der Waals surface area contributed by atoms with E-state index in [1.165, 1.54) is 11.1 Å². The molecular weight excluding hydrogens is 293 g/mol. The van der Waals surface area contributed by atoms with Gasteiger partial charge in [-0.05, 0) is 23.3 Å². The highest BCUT2D eigenvalue weighted by atomic mass is 35.5. The molecule has 0 fully saturated rings. The molecule has 0 bridgehead atoms. The second-order valence-electron chi connectivity index (χ2n) is 4.56. The second-order valence-corrected chi connectivity index (χ2v) is 5.37. The van der Waals surface area contributed by atoms with Gasteiger partial charge in [0.05, 0.1) is 6.61 Å². The maximum absolute atomic E-state index is 6.14. The van der Waals surface area contributed by atoms with Crippen LogP contribution in [0.5, 0.6) is 0 Å². The van der Waals surface area contributed by atoms with Crippen LogP contribution in [-0.2, 0) is 24.4 Å². The fourth-order valence-corrected chi connectivity index (χ4v) is 2.56. The third kappa shape index (κ3) is 4.22. The summed E-state index contributed by atoms with van der Waals surface area (Å²) in [6, 6.07) is 13.9. The molecule has 0 aliphatic carbocycles. The molecule has 1 N–H and O–H groups in total. The van der Waals surface area contributed by atoms with Gasteiger partial charge in [0.2, 0.25) is 0 Å². The van der Waals surface area contributed by atoms with Gasteiger partial charge in [-0.1, -0.05) is 53.5 Å². The smallest absolute Gasteiger partial charge is 0.0713 e. The van der Waals surface area contributed by atoms with Gasteiger partial charge in [-0.2, -0.15) is 0 Å². The lowest BCUT2D eigenvalue weighted by atomic mass is 10.1. The average molecular weight is 310 g/mol. The summed E-state index contributed by atoms with van der Waals surface area (Å²) in [4.78, 5) is 0. The lowest BCUT2D eigenvalue weighted by Gasteiger charge is -2.09. The van der Waals surface area contributed by atoms with Crippen molar-refractivity contribution >= 4 is 23.2 Å². The normalized spacial score (nSPS) is 10.8. The standard InChI is InChI=1S/C16H17Cl2NO/c1-20-11-13-5-2-4-12(8-13)9-19-10-14-15(17)6-3-7-16(14)18/h2-8,19H,9-11H2,1H3. The molecular formula is C16H17Cl2NO. The molecule has 0 spiro atoms. The van der Waals surface area contributed by atoms with Gasteiger partial charge in [0.25, 0.3) is 0 Å². The fourth-order valence-electron chi connectivity index (χ4n) is 2.03. The number of rotatable bonds is 6. The van der Waals surface area contributed by atoms with Crippen LogP contribution in [0.2, 0.25) is 10.0 Å². The molecule has 0 saturated heterocycles. The Morgan fingerprint density at radius 2 is 1.60 bits per heavy atom. The van der Waals surface area contributed by atoms with E-state index in [0.717, 1.165) is 12.1 Å². The molecule has 0 saturated carbocycles. The third-order valence-electron chi connectivity index (χ3n) is 2.99. The molecule has 0 aliphatic heterocycles. The third-order valence-corrected chi connectivity index (χ3v) is 3.70. The first kappa shape index (κ1) is 15.3. The fraction of sp³-hybridized carbons (Fsp3) is 0.250. The Kier molecular flexibility index (Phi) is 5.86. The summed E-state index contributed by atoms with van der Waals surface area (Å²) in [7, 11) is 1.70. The van der Waals surface area contributed by atoms with E-state index in [4.69, 9.17) is 27.9 Å². The molecule has 2 nitrogen and oxygen atoms in total. The van der Waals surface area contributed by atoms with Crippen LogP contribution >= 0.6 is 23.2 Å². The topological polar surface area (TPSA) is 21.3 Å². The van der Waals surface area contributed by atoms with Crippen molar-refractivity contribution in [2.45, 2.75) is 19.7 Å². The molecule has 0 aliphatic rings. The van der Waals surface area contributed by atoms with E-state index in [1.54, 1.807) is 7.11 Å². The Hall–Kier alpha value is -1.06. The summed E-state index contributed by atoms with van der Waals surface area (Å²) >= 11 is 12.3. The van der Waals surface area contributed by atoms with Crippen molar-refractivity contribution in [1.29, 1.82) is 0 Å². The number of hydrogen-bond donors (Lipinski definition) is 1. The number of methoxy groups -OCH3 is 1. The predicted molar refractivity (Wildman–Crippen MR) is 84.2 cm³/mol. The predicted octanol–water partition coefficient (Wildman–Crippen LogP) is 4.43. The summed E-state index contributed by atoms with van der Waals surface area (Å²) in [5.41, 5.74) is 3.31. The van der Waals surface area contributed by atoms with Crippen LogP contribution in [0.1, 0.15) is 16.7 Å². The van der Waals surface area contributed by atoms with Crippen molar-refractivity contribution in [2.24, 2.45) is 0 Å². The first-order chi connectivity index (χ1) is 9.70. The maximum Gasteiger partial charge on any atom is 0.0713 e. The van der Waals surface area contributed by atoms with Crippen LogP contribution in [0, 0.1) is 0 Å². The Bertz CT molecular complexity index is 552. The van der Waals surface area contributed by atoms with Gasteiger partial charge >= 0.3 is 0 Å². The Balaban J connectivity index is 1.94. The van der Waals surface area contributed by atoms with E-state index < -0.39 is 0 Å². The Labute approximate surface area is 129 Å². The number of nitrogens with one attached hydrogen (secondary N) is 1. The summed E-state index contributed by atoms with van der Waals surface area (Å²) in [6.07, 6.45) is 0. The zero-order valence-electron chi connectivity index (χ0n) is 11.3. The van der Waals surface area contributed by atoms with Gasteiger partial charge in [-0.25, -0.2) is 0 Å². The van der Waals surface area contributed by atoms with Crippen LogP contribution in [0.25, 0.3) is 0 Å². The first-order valence-corrected chi connectivity index (χ1v) is 7.16. The van der Waals surface area contributed by atoms with E-state index in [0.29, 0.717) is 23.2 Å². The van der Waals surface area contributed by atoms with Gasteiger partial charge in [0.1, 0.15) is 0 Å². The lowest BCUT2D eigenvalue weighted by molar-refractivity contribution is 0.185. The second kappa shape index (κ2) is 7.65. The van der Waals surface area contributed by atoms with Crippen LogP contribution < -0.4 is 5.32 Å². The van der Waals surface area contributed by atoms with Gasteiger partial charge < -0.3 is 10.1 Å². The van der Waals surface area contributed by atoms with Gasteiger partial charge in [-0.3, -0.25) is 0 Å². The van der Waals surface area contributed by atoms with Crippen molar-refractivity contribution in [3.63, 3.8) is 0 Å². The van der Waals surface area contributed by atoms with Crippen LogP contribution in [-0.4, -0.2) is 7.11 Å². The summed E-state index contributed by atoms with van der Waals surface area (Å²) in [6.45, 7) is 2.04. The molecule has 2 aromatic carbocycles. The molecule has 20 heavy (non-hydrogen) atoms. The minimum atomic E-state index is 0.629. The Morgan fingerprint density at radius 3 is 2.30 bits per heavy atom. The molecule has 0 aromatic heterocycles. The summed E-state index contributed by atoms with van der Waals surface area (Å²) in [5.74, 6) is 0. The molecule has 0 radical (unpaired) electrons. The minimum Gasteiger partial charge on any atom is -0.380 e.